The first-order valence-electron chi connectivity index (χ1n) is 8.17. The van der Waals surface area contributed by atoms with E-state index in [-0.39, 0.29) is 12.2 Å². The number of H-pyrrole nitrogens is 1. The number of aromatic nitrogens is 3. The Labute approximate surface area is 139 Å². The van der Waals surface area contributed by atoms with Gasteiger partial charge in [-0.3, -0.25) is 9.69 Å². The molecule has 3 rings (SSSR count). The van der Waals surface area contributed by atoms with Crippen LogP contribution in [0.1, 0.15) is 23.0 Å². The van der Waals surface area contributed by atoms with Crippen LogP contribution >= 0.6 is 0 Å². The first-order chi connectivity index (χ1) is 11.6. The summed E-state index contributed by atoms with van der Waals surface area (Å²) >= 11 is 0. The standard InChI is InChI=1S/C16H22N4O4/c1-3-24-16(22)14-11(2)13-12(10-17-18-15(13)21)20(14)5-4-19-6-8-23-9-7-19/h10H,3-9H2,1-2H3,(H,18,21). The second kappa shape index (κ2) is 7.14. The van der Waals surface area contributed by atoms with Crippen molar-refractivity contribution in [2.75, 3.05) is 39.5 Å². The van der Waals surface area contributed by atoms with E-state index in [4.69, 9.17) is 9.47 Å². The van der Waals surface area contributed by atoms with E-state index in [1.807, 2.05) is 4.57 Å². The third-order valence-corrected chi connectivity index (χ3v) is 4.34. The van der Waals surface area contributed by atoms with Crippen LogP contribution in [0.25, 0.3) is 10.9 Å². The van der Waals surface area contributed by atoms with E-state index in [2.05, 4.69) is 15.1 Å². The molecule has 0 spiro atoms. The van der Waals surface area contributed by atoms with Gasteiger partial charge in [0.2, 0.25) is 0 Å². The Morgan fingerprint density at radius 2 is 2.12 bits per heavy atom. The van der Waals surface area contributed by atoms with E-state index in [1.165, 1.54) is 0 Å². The second-order valence-corrected chi connectivity index (χ2v) is 5.76. The molecule has 1 N–H and O–H groups in total. The second-order valence-electron chi connectivity index (χ2n) is 5.76. The van der Waals surface area contributed by atoms with Crippen molar-refractivity contribution >= 4 is 16.9 Å². The van der Waals surface area contributed by atoms with Gasteiger partial charge in [0, 0.05) is 26.2 Å². The van der Waals surface area contributed by atoms with Gasteiger partial charge in [-0.2, -0.15) is 5.10 Å². The number of ether oxygens (including phenoxy) is 2. The zero-order valence-corrected chi connectivity index (χ0v) is 14.0. The van der Waals surface area contributed by atoms with E-state index in [0.717, 1.165) is 32.8 Å². The molecule has 2 aromatic heterocycles. The molecule has 3 heterocycles. The number of esters is 1. The molecule has 8 nitrogen and oxygen atoms in total. The zero-order chi connectivity index (χ0) is 17.1. The van der Waals surface area contributed by atoms with Gasteiger partial charge >= 0.3 is 5.97 Å². The maximum atomic E-state index is 12.4. The molecule has 8 heteroatoms. The topological polar surface area (TPSA) is 89.5 Å². The van der Waals surface area contributed by atoms with Crippen molar-refractivity contribution in [1.82, 2.24) is 19.7 Å². The number of hydrogen-bond donors (Lipinski definition) is 1. The van der Waals surface area contributed by atoms with Crippen LogP contribution in [0, 0.1) is 6.92 Å². The van der Waals surface area contributed by atoms with E-state index in [1.54, 1.807) is 20.0 Å². The number of carbonyl (C=O) groups is 1. The van der Waals surface area contributed by atoms with Crippen LogP contribution in [0.4, 0.5) is 0 Å². The summed E-state index contributed by atoms with van der Waals surface area (Å²) in [7, 11) is 0. The van der Waals surface area contributed by atoms with Gasteiger partial charge < -0.3 is 14.0 Å². The largest absolute Gasteiger partial charge is 0.461 e. The molecule has 0 unspecified atom stereocenters. The summed E-state index contributed by atoms with van der Waals surface area (Å²) in [6, 6.07) is 0. The highest BCUT2D eigenvalue weighted by molar-refractivity contribution is 5.98. The molecule has 1 saturated heterocycles. The monoisotopic (exact) mass is 334 g/mol. The Hall–Kier alpha value is -2.19. The number of morpholine rings is 1. The van der Waals surface area contributed by atoms with Crippen molar-refractivity contribution in [3.8, 4) is 0 Å². The van der Waals surface area contributed by atoms with Crippen LogP contribution in [0.2, 0.25) is 0 Å². The van der Waals surface area contributed by atoms with Crippen LogP contribution in [0.5, 0.6) is 0 Å². The van der Waals surface area contributed by atoms with Crippen LogP contribution in [-0.4, -0.2) is 65.1 Å². The quantitative estimate of drug-likeness (QED) is 0.803. The summed E-state index contributed by atoms with van der Waals surface area (Å²) in [4.78, 5) is 26.8. The van der Waals surface area contributed by atoms with Gasteiger partial charge in [0.15, 0.2) is 0 Å². The zero-order valence-electron chi connectivity index (χ0n) is 14.0. The minimum Gasteiger partial charge on any atom is -0.461 e. The average molecular weight is 334 g/mol. The lowest BCUT2D eigenvalue weighted by Crippen LogP contribution is -2.38. The van der Waals surface area contributed by atoms with Gasteiger partial charge in [-0.05, 0) is 19.4 Å². The van der Waals surface area contributed by atoms with Gasteiger partial charge in [-0.1, -0.05) is 0 Å². The fourth-order valence-electron chi connectivity index (χ4n) is 3.16. The maximum Gasteiger partial charge on any atom is 0.355 e. The molecule has 24 heavy (non-hydrogen) atoms. The number of nitrogens with one attached hydrogen (secondary N) is 1. The van der Waals surface area contributed by atoms with Gasteiger partial charge in [0.05, 0.1) is 36.9 Å². The lowest BCUT2D eigenvalue weighted by molar-refractivity contribution is 0.0359. The molecule has 1 fully saturated rings. The number of aromatic amines is 1. The van der Waals surface area contributed by atoms with E-state index >= 15 is 0 Å². The summed E-state index contributed by atoms with van der Waals surface area (Å²) in [5.41, 5.74) is 1.43. The first kappa shape index (κ1) is 16.7. The van der Waals surface area contributed by atoms with Gasteiger partial charge in [-0.25, -0.2) is 9.89 Å². The van der Waals surface area contributed by atoms with Crippen molar-refractivity contribution in [1.29, 1.82) is 0 Å². The van der Waals surface area contributed by atoms with Crippen LogP contribution in [-0.2, 0) is 16.0 Å². The molecule has 0 aromatic carbocycles. The Bertz CT molecular complexity index is 789. The Balaban J connectivity index is 1.99. The summed E-state index contributed by atoms with van der Waals surface area (Å²) in [5, 5.41) is 6.81. The average Bonchev–Trinajstić information content (AvgIpc) is 2.87. The predicted molar refractivity (Wildman–Crippen MR) is 88.3 cm³/mol. The third kappa shape index (κ3) is 3.07. The summed E-state index contributed by atoms with van der Waals surface area (Å²) in [6.07, 6.45) is 1.59. The van der Waals surface area contributed by atoms with Gasteiger partial charge in [0.1, 0.15) is 5.69 Å². The van der Waals surface area contributed by atoms with Crippen LogP contribution in [0.3, 0.4) is 0 Å². The smallest absolute Gasteiger partial charge is 0.355 e. The molecular formula is C16H22N4O4. The predicted octanol–water partition coefficient (Wildman–Crippen LogP) is 0.542. The minimum absolute atomic E-state index is 0.290. The Kier molecular flexibility index (Phi) is 4.96. The van der Waals surface area contributed by atoms with E-state index in [0.29, 0.717) is 28.7 Å². The lowest BCUT2D eigenvalue weighted by Gasteiger charge is -2.27. The van der Waals surface area contributed by atoms with Crippen molar-refractivity contribution in [2.24, 2.45) is 0 Å². The normalized spacial score (nSPS) is 15.8. The Morgan fingerprint density at radius 3 is 2.83 bits per heavy atom. The molecule has 1 aliphatic rings. The highest BCUT2D eigenvalue weighted by Crippen LogP contribution is 2.23. The molecular weight excluding hydrogens is 312 g/mol. The van der Waals surface area contributed by atoms with Crippen LogP contribution < -0.4 is 5.56 Å². The van der Waals surface area contributed by atoms with Crippen molar-refractivity contribution in [3.05, 3.63) is 27.8 Å². The molecule has 0 amide bonds. The molecule has 0 radical (unpaired) electrons. The van der Waals surface area contributed by atoms with Crippen LogP contribution in [0.15, 0.2) is 11.0 Å². The van der Waals surface area contributed by atoms with Crippen molar-refractivity contribution < 1.29 is 14.3 Å². The molecule has 0 atom stereocenters. The maximum absolute atomic E-state index is 12.4. The number of carbonyl (C=O) groups excluding carboxylic acids is 1. The first-order valence-corrected chi connectivity index (χ1v) is 8.17. The molecule has 0 bridgehead atoms. The van der Waals surface area contributed by atoms with E-state index < -0.39 is 5.97 Å². The number of nitrogens with zero attached hydrogens (tertiary/aromatic N) is 3. The number of hydrogen-bond acceptors (Lipinski definition) is 6. The van der Waals surface area contributed by atoms with Gasteiger partial charge in [0.25, 0.3) is 5.56 Å². The lowest BCUT2D eigenvalue weighted by atomic mass is 10.2. The molecule has 0 saturated carbocycles. The fourth-order valence-corrected chi connectivity index (χ4v) is 3.16. The fraction of sp³-hybridized carbons (Fsp3) is 0.562. The number of fused-ring (bicyclic) bond motifs is 1. The van der Waals surface area contributed by atoms with Crippen molar-refractivity contribution in [3.63, 3.8) is 0 Å². The van der Waals surface area contributed by atoms with E-state index in [9.17, 15) is 9.59 Å². The summed E-state index contributed by atoms with van der Waals surface area (Å²) in [6.45, 7) is 8.36. The Morgan fingerprint density at radius 1 is 1.38 bits per heavy atom. The third-order valence-electron chi connectivity index (χ3n) is 4.34. The summed E-state index contributed by atoms with van der Waals surface area (Å²) in [5.74, 6) is -0.410. The number of aryl methyl sites for hydroxylation is 1. The summed E-state index contributed by atoms with van der Waals surface area (Å²) < 4.78 is 12.4. The molecule has 0 aliphatic carbocycles. The number of rotatable bonds is 5. The molecule has 2 aromatic rings. The molecule has 1 aliphatic heterocycles. The molecule has 130 valence electrons. The van der Waals surface area contributed by atoms with Crippen molar-refractivity contribution in [2.45, 2.75) is 20.4 Å². The van der Waals surface area contributed by atoms with Gasteiger partial charge in [-0.15, -0.1) is 0 Å². The highest BCUT2D eigenvalue weighted by Gasteiger charge is 2.23. The minimum atomic E-state index is -0.410. The SMILES string of the molecule is CCOC(=O)c1c(C)c2c(=O)[nH]ncc2n1CCN1CCOCC1. The highest BCUT2D eigenvalue weighted by atomic mass is 16.5.